The summed E-state index contributed by atoms with van der Waals surface area (Å²) in [4.78, 5) is 10.1. The van der Waals surface area contributed by atoms with Crippen LogP contribution < -0.4 is 0 Å². The zero-order valence-electron chi connectivity index (χ0n) is 15.1. The molecule has 0 atom stereocenters. The van der Waals surface area contributed by atoms with Crippen molar-refractivity contribution in [1.82, 2.24) is 9.97 Å². The normalized spacial score (nSPS) is 10.8. The van der Waals surface area contributed by atoms with E-state index in [0.717, 1.165) is 27.3 Å². The van der Waals surface area contributed by atoms with Crippen LogP contribution in [0.2, 0.25) is 10.2 Å². The van der Waals surface area contributed by atoms with Gasteiger partial charge in [-0.25, -0.2) is 9.97 Å². The van der Waals surface area contributed by atoms with E-state index < -0.39 is 0 Å². The van der Waals surface area contributed by atoms with E-state index in [9.17, 15) is 0 Å². The van der Waals surface area contributed by atoms with Crippen LogP contribution in [0.3, 0.4) is 0 Å². The van der Waals surface area contributed by atoms with E-state index in [4.69, 9.17) is 28.2 Å². The predicted octanol–water partition coefficient (Wildman–Crippen LogP) is 7.51. The van der Waals surface area contributed by atoms with Gasteiger partial charge in [-0.05, 0) is 29.5 Å². The van der Waals surface area contributed by atoms with Crippen LogP contribution in [-0.4, -0.2) is 16.2 Å². The van der Waals surface area contributed by atoms with E-state index in [1.807, 2.05) is 42.7 Å². The lowest BCUT2D eigenvalue weighted by Gasteiger charge is -2.10. The molecule has 0 N–H and O–H groups in total. The van der Waals surface area contributed by atoms with E-state index in [1.54, 1.807) is 17.8 Å². The third-order valence-electron chi connectivity index (χ3n) is 4.39. The van der Waals surface area contributed by atoms with Crippen molar-refractivity contribution in [2.24, 2.45) is 0 Å². The summed E-state index contributed by atoms with van der Waals surface area (Å²) in [5, 5.41) is 1.08. The Balaban J connectivity index is 1.75. The summed E-state index contributed by atoms with van der Waals surface area (Å²) in [7, 11) is 0. The maximum atomic E-state index is 6.34. The zero-order valence-corrected chi connectivity index (χ0v) is 17.4. The summed E-state index contributed by atoms with van der Waals surface area (Å²) in [6.45, 7) is 0. The summed E-state index contributed by atoms with van der Waals surface area (Å²) < 4.78 is 0. The number of aromatic nitrogens is 2. The van der Waals surface area contributed by atoms with Crippen LogP contribution in [0, 0.1) is 0 Å². The standard InChI is InChI=1S/C23H16Cl2N2S/c1-28-22-18(8-5-9-19(22)24)23-26-20(14-21(25)27-23)17-12-10-16(11-13-17)15-6-3-2-4-7-15/h2-14H,1H3. The molecule has 4 rings (SSSR count). The van der Waals surface area contributed by atoms with Crippen molar-refractivity contribution in [2.75, 3.05) is 6.26 Å². The Morgan fingerprint density at radius 1 is 0.714 bits per heavy atom. The fourth-order valence-corrected chi connectivity index (χ4v) is 4.27. The SMILES string of the molecule is CSc1c(Cl)cccc1-c1nc(Cl)cc(-c2ccc(-c3ccccc3)cc2)n1. The first-order valence-corrected chi connectivity index (χ1v) is 10.7. The van der Waals surface area contributed by atoms with Crippen LogP contribution in [0.1, 0.15) is 0 Å². The van der Waals surface area contributed by atoms with Crippen molar-refractivity contribution in [2.45, 2.75) is 4.90 Å². The Bertz CT molecular complexity index is 1110. The molecule has 4 aromatic rings. The van der Waals surface area contributed by atoms with Gasteiger partial charge in [0.25, 0.3) is 0 Å². The second-order valence-electron chi connectivity index (χ2n) is 6.16. The molecule has 0 saturated heterocycles. The summed E-state index contributed by atoms with van der Waals surface area (Å²) in [6.07, 6.45) is 1.98. The fraction of sp³-hybridized carbons (Fsp3) is 0.0435. The highest BCUT2D eigenvalue weighted by molar-refractivity contribution is 7.98. The summed E-state index contributed by atoms with van der Waals surface area (Å²) in [6, 6.07) is 26.1. The molecule has 0 aliphatic heterocycles. The number of hydrogen-bond donors (Lipinski definition) is 0. The molecule has 2 nitrogen and oxygen atoms in total. The third-order valence-corrected chi connectivity index (χ3v) is 5.86. The Morgan fingerprint density at radius 3 is 2.11 bits per heavy atom. The Labute approximate surface area is 178 Å². The first kappa shape index (κ1) is 19.0. The van der Waals surface area contributed by atoms with E-state index in [-0.39, 0.29) is 0 Å². The number of rotatable bonds is 4. The van der Waals surface area contributed by atoms with Gasteiger partial charge in [-0.3, -0.25) is 0 Å². The predicted molar refractivity (Wildman–Crippen MR) is 120 cm³/mol. The summed E-state index contributed by atoms with van der Waals surface area (Å²) >= 11 is 14.2. The average molecular weight is 423 g/mol. The molecular weight excluding hydrogens is 407 g/mol. The quantitative estimate of drug-likeness (QED) is 0.251. The Morgan fingerprint density at radius 2 is 1.39 bits per heavy atom. The van der Waals surface area contributed by atoms with Crippen molar-refractivity contribution in [3.05, 3.63) is 89.0 Å². The monoisotopic (exact) mass is 422 g/mol. The highest BCUT2D eigenvalue weighted by atomic mass is 35.5. The van der Waals surface area contributed by atoms with E-state index in [2.05, 4.69) is 41.4 Å². The molecule has 0 amide bonds. The molecule has 1 aromatic heterocycles. The van der Waals surface area contributed by atoms with Gasteiger partial charge in [0.15, 0.2) is 5.82 Å². The first-order chi connectivity index (χ1) is 13.7. The number of benzene rings is 3. The van der Waals surface area contributed by atoms with Crippen molar-refractivity contribution >= 4 is 35.0 Å². The Kier molecular flexibility index (Phi) is 5.67. The minimum atomic E-state index is 0.402. The molecule has 0 spiro atoms. The molecule has 3 aromatic carbocycles. The zero-order chi connectivity index (χ0) is 19.5. The number of nitrogens with zero attached hydrogens (tertiary/aromatic N) is 2. The van der Waals surface area contributed by atoms with Crippen LogP contribution in [0.15, 0.2) is 83.8 Å². The molecule has 0 bridgehead atoms. The lowest BCUT2D eigenvalue weighted by atomic mass is 10.0. The van der Waals surface area contributed by atoms with Crippen molar-refractivity contribution < 1.29 is 0 Å². The first-order valence-electron chi connectivity index (χ1n) is 8.69. The van der Waals surface area contributed by atoms with Gasteiger partial charge in [0, 0.05) is 22.1 Å². The maximum Gasteiger partial charge on any atom is 0.162 e. The molecule has 0 unspecified atom stereocenters. The number of halogens is 2. The molecular formula is C23H16Cl2N2S. The molecule has 28 heavy (non-hydrogen) atoms. The van der Waals surface area contributed by atoms with Crippen LogP contribution in [0.4, 0.5) is 0 Å². The van der Waals surface area contributed by atoms with Crippen molar-refractivity contribution in [3.8, 4) is 33.8 Å². The highest BCUT2D eigenvalue weighted by Gasteiger charge is 2.13. The van der Waals surface area contributed by atoms with Crippen LogP contribution in [0.25, 0.3) is 33.8 Å². The van der Waals surface area contributed by atoms with Gasteiger partial charge in [-0.2, -0.15) is 0 Å². The van der Waals surface area contributed by atoms with E-state index in [1.165, 1.54) is 5.56 Å². The largest absolute Gasteiger partial charge is 0.228 e. The van der Waals surface area contributed by atoms with Gasteiger partial charge in [-0.1, -0.05) is 83.9 Å². The highest BCUT2D eigenvalue weighted by Crippen LogP contribution is 2.35. The minimum Gasteiger partial charge on any atom is -0.228 e. The van der Waals surface area contributed by atoms with Gasteiger partial charge < -0.3 is 0 Å². The number of hydrogen-bond acceptors (Lipinski definition) is 3. The minimum absolute atomic E-state index is 0.402. The van der Waals surface area contributed by atoms with E-state index in [0.29, 0.717) is 16.0 Å². The lowest BCUT2D eigenvalue weighted by molar-refractivity contribution is 1.16. The van der Waals surface area contributed by atoms with Crippen LogP contribution in [-0.2, 0) is 0 Å². The fourth-order valence-electron chi connectivity index (χ4n) is 3.04. The van der Waals surface area contributed by atoms with Gasteiger partial charge in [0.1, 0.15) is 5.15 Å². The molecule has 0 saturated carbocycles. The topological polar surface area (TPSA) is 25.8 Å². The van der Waals surface area contributed by atoms with Crippen molar-refractivity contribution in [3.63, 3.8) is 0 Å². The molecule has 0 aliphatic carbocycles. The maximum absolute atomic E-state index is 6.34. The summed E-state index contributed by atoms with van der Waals surface area (Å²) in [5.74, 6) is 0.571. The smallest absolute Gasteiger partial charge is 0.162 e. The molecule has 0 aliphatic rings. The average Bonchev–Trinajstić information content (AvgIpc) is 2.74. The van der Waals surface area contributed by atoms with Gasteiger partial charge in [0.05, 0.1) is 10.7 Å². The van der Waals surface area contributed by atoms with E-state index >= 15 is 0 Å². The molecule has 138 valence electrons. The van der Waals surface area contributed by atoms with Crippen LogP contribution >= 0.6 is 35.0 Å². The van der Waals surface area contributed by atoms with Crippen LogP contribution in [0.5, 0.6) is 0 Å². The second-order valence-corrected chi connectivity index (χ2v) is 7.77. The second kappa shape index (κ2) is 8.36. The molecule has 0 fully saturated rings. The molecule has 0 radical (unpaired) electrons. The molecule has 5 heteroatoms. The van der Waals surface area contributed by atoms with Gasteiger partial charge in [0.2, 0.25) is 0 Å². The van der Waals surface area contributed by atoms with Gasteiger partial charge >= 0.3 is 0 Å². The number of thioether (sulfide) groups is 1. The Hall–Kier alpha value is -2.33. The molecule has 1 heterocycles. The lowest BCUT2D eigenvalue weighted by Crippen LogP contribution is -1.95. The van der Waals surface area contributed by atoms with Gasteiger partial charge in [-0.15, -0.1) is 11.8 Å². The third kappa shape index (κ3) is 3.93. The summed E-state index contributed by atoms with van der Waals surface area (Å²) in [5.41, 5.74) is 4.98. The van der Waals surface area contributed by atoms with Crippen molar-refractivity contribution in [1.29, 1.82) is 0 Å².